The molecule has 1 aromatic carbocycles. The summed E-state index contributed by atoms with van der Waals surface area (Å²) < 4.78 is 27.4. The molecule has 0 aliphatic rings. The Labute approximate surface area is 121 Å². The van der Waals surface area contributed by atoms with Crippen molar-refractivity contribution in [2.24, 2.45) is 0 Å². The molecule has 104 valence electrons. The maximum Gasteiger partial charge on any atom is 0.356 e. The minimum atomic E-state index is -1.47. The number of pyridine rings is 1. The van der Waals surface area contributed by atoms with Crippen molar-refractivity contribution >= 4 is 34.9 Å². The number of hydrogen-bond donors (Lipinski definition) is 2. The molecule has 0 amide bonds. The van der Waals surface area contributed by atoms with Gasteiger partial charge in [-0.05, 0) is 12.1 Å². The van der Waals surface area contributed by atoms with E-state index >= 15 is 0 Å². The van der Waals surface area contributed by atoms with Crippen molar-refractivity contribution in [3.05, 3.63) is 45.6 Å². The SMILES string of the molecule is Nc1c(F)c(-c2ccc(Cl)c(F)c2)nc(C(=O)O)c1Cl. The Kier molecular flexibility index (Phi) is 3.78. The lowest BCUT2D eigenvalue weighted by molar-refractivity contribution is 0.0691. The van der Waals surface area contributed by atoms with E-state index in [1.165, 1.54) is 12.1 Å². The molecule has 2 aromatic rings. The number of carboxylic acid groups (broad SMARTS) is 1. The van der Waals surface area contributed by atoms with Gasteiger partial charge in [-0.3, -0.25) is 0 Å². The van der Waals surface area contributed by atoms with Gasteiger partial charge in [-0.1, -0.05) is 29.3 Å². The van der Waals surface area contributed by atoms with Gasteiger partial charge in [0, 0.05) is 5.56 Å². The number of aromatic nitrogens is 1. The van der Waals surface area contributed by atoms with Crippen LogP contribution in [0.2, 0.25) is 10.0 Å². The highest BCUT2D eigenvalue weighted by Gasteiger charge is 2.22. The molecule has 0 saturated heterocycles. The highest BCUT2D eigenvalue weighted by atomic mass is 35.5. The topological polar surface area (TPSA) is 76.2 Å². The van der Waals surface area contributed by atoms with Crippen LogP contribution in [0.15, 0.2) is 18.2 Å². The zero-order chi connectivity index (χ0) is 15.0. The molecule has 0 aliphatic heterocycles. The number of halogens is 4. The van der Waals surface area contributed by atoms with Gasteiger partial charge < -0.3 is 10.8 Å². The molecule has 1 aromatic heterocycles. The molecule has 0 bridgehead atoms. The van der Waals surface area contributed by atoms with Crippen LogP contribution in [0.25, 0.3) is 11.3 Å². The first kappa shape index (κ1) is 14.5. The zero-order valence-corrected chi connectivity index (χ0v) is 11.1. The van der Waals surface area contributed by atoms with Gasteiger partial charge in [0.25, 0.3) is 0 Å². The highest BCUT2D eigenvalue weighted by molar-refractivity contribution is 6.35. The van der Waals surface area contributed by atoms with Gasteiger partial charge >= 0.3 is 5.97 Å². The third-order valence-corrected chi connectivity index (χ3v) is 3.20. The number of hydrogen-bond acceptors (Lipinski definition) is 3. The van der Waals surface area contributed by atoms with Crippen LogP contribution in [0.4, 0.5) is 14.5 Å². The van der Waals surface area contributed by atoms with Crippen LogP contribution in [0.5, 0.6) is 0 Å². The molecule has 8 heteroatoms. The van der Waals surface area contributed by atoms with E-state index in [0.717, 1.165) is 6.07 Å². The summed E-state index contributed by atoms with van der Waals surface area (Å²) in [5.41, 5.74) is 3.80. The van der Waals surface area contributed by atoms with E-state index in [9.17, 15) is 13.6 Å². The molecule has 0 saturated carbocycles. The summed E-state index contributed by atoms with van der Waals surface area (Å²) in [6.45, 7) is 0. The number of nitrogen functional groups attached to an aromatic ring is 1. The second-order valence-electron chi connectivity index (χ2n) is 3.78. The molecule has 0 radical (unpaired) electrons. The smallest absolute Gasteiger partial charge is 0.356 e. The molecule has 0 unspecified atom stereocenters. The summed E-state index contributed by atoms with van der Waals surface area (Å²) in [5.74, 6) is -3.30. The maximum atomic E-state index is 14.0. The van der Waals surface area contributed by atoms with E-state index in [0.29, 0.717) is 0 Å². The number of aromatic carboxylic acids is 1. The molecule has 0 aliphatic carbocycles. The number of nitrogens with zero attached hydrogens (tertiary/aromatic N) is 1. The molecule has 1 heterocycles. The van der Waals surface area contributed by atoms with Gasteiger partial charge in [-0.2, -0.15) is 0 Å². The van der Waals surface area contributed by atoms with E-state index in [1.807, 2.05) is 0 Å². The zero-order valence-electron chi connectivity index (χ0n) is 9.62. The van der Waals surface area contributed by atoms with Gasteiger partial charge in [0.2, 0.25) is 0 Å². The summed E-state index contributed by atoms with van der Waals surface area (Å²) in [7, 11) is 0. The average Bonchev–Trinajstić information content (AvgIpc) is 2.39. The highest BCUT2D eigenvalue weighted by Crippen LogP contribution is 2.33. The largest absolute Gasteiger partial charge is 0.476 e. The van der Waals surface area contributed by atoms with Crippen molar-refractivity contribution in [3.63, 3.8) is 0 Å². The molecule has 4 nitrogen and oxygen atoms in total. The van der Waals surface area contributed by atoms with Crippen molar-refractivity contribution in [2.75, 3.05) is 5.73 Å². The lowest BCUT2D eigenvalue weighted by atomic mass is 10.1. The molecular formula is C12H6Cl2F2N2O2. The van der Waals surface area contributed by atoms with Crippen molar-refractivity contribution in [2.45, 2.75) is 0 Å². The molecule has 0 spiro atoms. The fraction of sp³-hybridized carbons (Fsp3) is 0. The summed E-state index contributed by atoms with van der Waals surface area (Å²) in [6, 6.07) is 3.40. The standard InChI is InChI=1S/C12H6Cl2F2N2O2/c13-5-2-1-4(3-6(5)15)10-8(16)9(17)7(14)11(18-10)12(19)20/h1-3H,(H2,17,18)(H,19,20). The maximum absolute atomic E-state index is 14.0. The van der Waals surface area contributed by atoms with Crippen LogP contribution < -0.4 is 5.73 Å². The van der Waals surface area contributed by atoms with Crippen LogP contribution >= 0.6 is 23.2 Å². The number of benzene rings is 1. The van der Waals surface area contributed by atoms with E-state index < -0.39 is 39.7 Å². The second-order valence-corrected chi connectivity index (χ2v) is 4.57. The lowest BCUT2D eigenvalue weighted by Gasteiger charge is -2.09. The van der Waals surface area contributed by atoms with Crippen molar-refractivity contribution < 1.29 is 18.7 Å². The van der Waals surface area contributed by atoms with Gasteiger partial charge in [0.1, 0.15) is 11.5 Å². The van der Waals surface area contributed by atoms with Crippen LogP contribution in [-0.2, 0) is 0 Å². The Bertz CT molecular complexity index is 723. The number of anilines is 1. The number of nitrogens with two attached hydrogens (primary N) is 1. The Morgan fingerprint density at radius 3 is 2.50 bits per heavy atom. The van der Waals surface area contributed by atoms with Crippen molar-refractivity contribution in [1.82, 2.24) is 4.98 Å². The summed E-state index contributed by atoms with van der Waals surface area (Å²) in [4.78, 5) is 14.5. The summed E-state index contributed by atoms with van der Waals surface area (Å²) >= 11 is 11.1. The van der Waals surface area contributed by atoms with Gasteiger partial charge in [0.15, 0.2) is 11.5 Å². The van der Waals surface area contributed by atoms with Crippen molar-refractivity contribution in [1.29, 1.82) is 0 Å². The van der Waals surface area contributed by atoms with Gasteiger partial charge in [0.05, 0.1) is 15.7 Å². The van der Waals surface area contributed by atoms with Crippen molar-refractivity contribution in [3.8, 4) is 11.3 Å². The monoisotopic (exact) mass is 318 g/mol. The number of rotatable bonds is 2. The Hall–Kier alpha value is -1.92. The van der Waals surface area contributed by atoms with Gasteiger partial charge in [-0.25, -0.2) is 18.6 Å². The molecule has 0 fully saturated rings. The third-order valence-electron chi connectivity index (χ3n) is 2.51. The minimum absolute atomic E-state index is 0.00438. The molecular weight excluding hydrogens is 313 g/mol. The van der Waals surface area contributed by atoms with E-state index in [2.05, 4.69) is 4.98 Å². The van der Waals surface area contributed by atoms with Crippen LogP contribution in [0.3, 0.4) is 0 Å². The average molecular weight is 319 g/mol. The first-order valence-corrected chi connectivity index (χ1v) is 5.91. The lowest BCUT2D eigenvalue weighted by Crippen LogP contribution is -2.08. The van der Waals surface area contributed by atoms with E-state index in [-0.39, 0.29) is 10.6 Å². The predicted octanol–water partition coefficient (Wildman–Crippen LogP) is 3.61. The summed E-state index contributed by atoms with van der Waals surface area (Å²) in [6.07, 6.45) is 0. The normalized spacial score (nSPS) is 10.6. The fourth-order valence-corrected chi connectivity index (χ4v) is 1.86. The summed E-state index contributed by atoms with van der Waals surface area (Å²) in [5, 5.41) is 8.27. The Balaban J connectivity index is 2.73. The third kappa shape index (κ3) is 2.39. The first-order chi connectivity index (χ1) is 9.32. The van der Waals surface area contributed by atoms with Crippen LogP contribution in [-0.4, -0.2) is 16.1 Å². The van der Waals surface area contributed by atoms with Crippen LogP contribution in [0.1, 0.15) is 10.5 Å². The Morgan fingerprint density at radius 2 is 1.95 bits per heavy atom. The molecule has 3 N–H and O–H groups in total. The Morgan fingerprint density at radius 1 is 1.30 bits per heavy atom. The molecule has 0 atom stereocenters. The van der Waals surface area contributed by atoms with Gasteiger partial charge in [-0.15, -0.1) is 0 Å². The van der Waals surface area contributed by atoms with E-state index in [1.54, 1.807) is 0 Å². The molecule has 2 rings (SSSR count). The predicted molar refractivity (Wildman–Crippen MR) is 71.0 cm³/mol. The van der Waals surface area contributed by atoms with Crippen LogP contribution in [0, 0.1) is 11.6 Å². The second kappa shape index (κ2) is 5.22. The number of carboxylic acids is 1. The van der Waals surface area contributed by atoms with E-state index in [4.69, 9.17) is 34.0 Å². The molecule has 20 heavy (non-hydrogen) atoms. The quantitative estimate of drug-likeness (QED) is 0.886. The number of carbonyl (C=O) groups is 1. The first-order valence-electron chi connectivity index (χ1n) is 5.16. The fourth-order valence-electron chi connectivity index (χ4n) is 1.54. The minimum Gasteiger partial charge on any atom is -0.476 e.